The van der Waals surface area contributed by atoms with Crippen molar-refractivity contribution in [2.45, 2.75) is 9.92 Å². The summed E-state index contributed by atoms with van der Waals surface area (Å²) in [6, 6.07) is 11.0. The zero-order chi connectivity index (χ0) is 21.2. The van der Waals surface area contributed by atoms with Crippen LogP contribution in [0.5, 0.6) is 0 Å². The van der Waals surface area contributed by atoms with E-state index in [-0.39, 0.29) is 5.03 Å². The molecule has 7 nitrogen and oxygen atoms in total. The van der Waals surface area contributed by atoms with Gasteiger partial charge >= 0.3 is 0 Å². The van der Waals surface area contributed by atoms with E-state index < -0.39 is 5.82 Å². The molecule has 1 aliphatic rings. The molecular weight excluding hydrogens is 415 g/mol. The zero-order valence-corrected chi connectivity index (χ0v) is 17.2. The molecule has 5 heterocycles. The summed E-state index contributed by atoms with van der Waals surface area (Å²) in [5, 5.41) is 14.0. The first-order valence-electron chi connectivity index (χ1n) is 9.72. The van der Waals surface area contributed by atoms with Gasteiger partial charge in [0.05, 0.1) is 30.5 Å². The molecule has 1 fully saturated rings. The second kappa shape index (κ2) is 8.34. The lowest BCUT2D eigenvalue weighted by Gasteiger charge is -2.27. The first kappa shape index (κ1) is 19.5. The van der Waals surface area contributed by atoms with Crippen molar-refractivity contribution in [1.82, 2.24) is 19.6 Å². The molecule has 0 amide bonds. The molecule has 0 spiro atoms. The van der Waals surface area contributed by atoms with Gasteiger partial charge in [0.25, 0.3) is 0 Å². The maximum absolute atomic E-state index is 14.2. The summed E-state index contributed by atoms with van der Waals surface area (Å²) in [4.78, 5) is 11.6. The van der Waals surface area contributed by atoms with Crippen molar-refractivity contribution in [2.75, 3.05) is 31.2 Å². The third-order valence-electron chi connectivity index (χ3n) is 5.04. The molecule has 0 bridgehead atoms. The van der Waals surface area contributed by atoms with Crippen LogP contribution in [0.15, 0.2) is 65.0 Å². The highest BCUT2D eigenvalue weighted by Gasteiger charge is 2.16. The minimum atomic E-state index is -0.411. The Balaban J connectivity index is 1.55. The maximum atomic E-state index is 14.2. The first-order valence-corrected chi connectivity index (χ1v) is 10.5. The summed E-state index contributed by atoms with van der Waals surface area (Å²) in [6.07, 6.45) is 6.72. The van der Waals surface area contributed by atoms with Crippen LogP contribution in [0.1, 0.15) is 5.56 Å². The van der Waals surface area contributed by atoms with E-state index in [0.29, 0.717) is 29.2 Å². The highest BCUT2D eigenvalue weighted by atomic mass is 32.2. The quantitative estimate of drug-likeness (QED) is 0.485. The molecule has 1 saturated heterocycles. The lowest BCUT2D eigenvalue weighted by Crippen LogP contribution is -2.36. The largest absolute Gasteiger partial charge is 0.378 e. The normalized spacial score (nSPS) is 14.0. The van der Waals surface area contributed by atoms with Gasteiger partial charge < -0.3 is 9.64 Å². The molecule has 0 saturated carbocycles. The van der Waals surface area contributed by atoms with Gasteiger partial charge in [-0.3, -0.25) is 0 Å². The summed E-state index contributed by atoms with van der Waals surface area (Å²) >= 11 is 1.17. The monoisotopic (exact) mass is 432 g/mol. The standard InChI is InChI=1S/C22H17FN6OS/c23-18-2-1-5-25-22(18)31-19-10-16(14-29-21(19)17(11-24)13-27-29)15-3-4-20(26-12-15)28-6-8-30-9-7-28/h1-5,10,12-14H,6-9H2. The SMILES string of the molecule is N#Cc1cnn2cc(-c3ccc(N4CCOCC4)nc3)cc(Sc3ncccc3F)c12. The van der Waals surface area contributed by atoms with Crippen LogP contribution in [0.25, 0.3) is 16.6 Å². The summed E-state index contributed by atoms with van der Waals surface area (Å²) in [5.41, 5.74) is 2.81. The van der Waals surface area contributed by atoms with Crippen molar-refractivity contribution in [3.63, 3.8) is 0 Å². The number of rotatable bonds is 4. The highest BCUT2D eigenvalue weighted by Crippen LogP contribution is 2.35. The summed E-state index contributed by atoms with van der Waals surface area (Å²) in [7, 11) is 0. The summed E-state index contributed by atoms with van der Waals surface area (Å²) in [6.45, 7) is 3.04. The van der Waals surface area contributed by atoms with Gasteiger partial charge in [-0.25, -0.2) is 18.9 Å². The van der Waals surface area contributed by atoms with Gasteiger partial charge in [0.2, 0.25) is 0 Å². The fraction of sp³-hybridized carbons (Fsp3) is 0.182. The number of nitriles is 1. The van der Waals surface area contributed by atoms with E-state index in [1.807, 2.05) is 30.6 Å². The number of fused-ring (bicyclic) bond motifs is 1. The van der Waals surface area contributed by atoms with E-state index in [2.05, 4.69) is 26.0 Å². The molecule has 5 rings (SSSR count). The number of nitrogens with zero attached hydrogens (tertiary/aromatic N) is 6. The van der Waals surface area contributed by atoms with E-state index in [4.69, 9.17) is 4.74 Å². The fourth-order valence-electron chi connectivity index (χ4n) is 3.49. The predicted molar refractivity (Wildman–Crippen MR) is 114 cm³/mol. The molecule has 0 radical (unpaired) electrons. The minimum Gasteiger partial charge on any atom is -0.378 e. The smallest absolute Gasteiger partial charge is 0.155 e. The predicted octanol–water partition coefficient (Wildman–Crippen LogP) is 3.79. The van der Waals surface area contributed by atoms with E-state index in [1.165, 1.54) is 24.0 Å². The summed E-state index contributed by atoms with van der Waals surface area (Å²) in [5.74, 6) is 0.495. The van der Waals surface area contributed by atoms with Gasteiger partial charge in [0, 0.05) is 47.7 Å². The average molecular weight is 432 g/mol. The lowest BCUT2D eigenvalue weighted by molar-refractivity contribution is 0.122. The Morgan fingerprint density at radius 2 is 1.97 bits per heavy atom. The van der Waals surface area contributed by atoms with Crippen molar-refractivity contribution < 1.29 is 9.13 Å². The number of pyridine rings is 3. The lowest BCUT2D eigenvalue weighted by atomic mass is 10.1. The number of aromatic nitrogens is 4. The van der Waals surface area contributed by atoms with Crippen molar-refractivity contribution in [3.05, 3.63) is 66.5 Å². The molecule has 0 atom stereocenters. The van der Waals surface area contributed by atoms with Gasteiger partial charge in [-0.05, 0) is 30.3 Å². The molecule has 4 aromatic rings. The maximum Gasteiger partial charge on any atom is 0.155 e. The summed E-state index contributed by atoms with van der Waals surface area (Å²) < 4.78 is 21.3. The van der Waals surface area contributed by atoms with Crippen LogP contribution in [-0.4, -0.2) is 45.9 Å². The van der Waals surface area contributed by atoms with Crippen LogP contribution in [0, 0.1) is 17.1 Å². The van der Waals surface area contributed by atoms with Gasteiger partial charge in [-0.2, -0.15) is 10.4 Å². The van der Waals surface area contributed by atoms with Gasteiger partial charge in [-0.1, -0.05) is 11.8 Å². The Hall–Kier alpha value is -3.48. The minimum absolute atomic E-state index is 0.243. The third kappa shape index (κ3) is 3.83. The third-order valence-corrected chi connectivity index (χ3v) is 6.07. The van der Waals surface area contributed by atoms with Crippen LogP contribution in [0.3, 0.4) is 0 Å². The van der Waals surface area contributed by atoms with E-state index >= 15 is 0 Å². The Kier molecular flexibility index (Phi) is 5.24. The molecular formula is C22H17FN6OS. The van der Waals surface area contributed by atoms with Crippen LogP contribution >= 0.6 is 11.8 Å². The van der Waals surface area contributed by atoms with Crippen LogP contribution < -0.4 is 4.90 Å². The van der Waals surface area contributed by atoms with Crippen molar-refractivity contribution in [1.29, 1.82) is 5.26 Å². The Bertz CT molecular complexity index is 1280. The van der Waals surface area contributed by atoms with Crippen molar-refractivity contribution >= 4 is 23.1 Å². The van der Waals surface area contributed by atoms with E-state index in [9.17, 15) is 9.65 Å². The van der Waals surface area contributed by atoms with Gasteiger partial charge in [0.15, 0.2) is 5.82 Å². The van der Waals surface area contributed by atoms with Crippen LogP contribution in [0.2, 0.25) is 0 Å². The Morgan fingerprint density at radius 3 is 2.71 bits per heavy atom. The number of morpholine rings is 1. The Labute approximate surface area is 182 Å². The molecule has 0 aromatic carbocycles. The molecule has 154 valence electrons. The topological polar surface area (TPSA) is 79.3 Å². The first-order chi connectivity index (χ1) is 15.2. The number of halogens is 1. The molecule has 4 aromatic heterocycles. The number of hydrogen-bond donors (Lipinski definition) is 0. The zero-order valence-electron chi connectivity index (χ0n) is 16.4. The van der Waals surface area contributed by atoms with E-state index in [0.717, 1.165) is 30.0 Å². The number of anilines is 1. The molecule has 31 heavy (non-hydrogen) atoms. The van der Waals surface area contributed by atoms with Crippen LogP contribution in [-0.2, 0) is 4.74 Å². The second-order valence-corrected chi connectivity index (χ2v) is 7.98. The fourth-order valence-corrected chi connectivity index (χ4v) is 4.46. The van der Waals surface area contributed by atoms with Crippen molar-refractivity contribution in [3.8, 4) is 17.2 Å². The van der Waals surface area contributed by atoms with E-state index in [1.54, 1.807) is 16.8 Å². The highest BCUT2D eigenvalue weighted by molar-refractivity contribution is 7.99. The number of hydrogen-bond acceptors (Lipinski definition) is 7. The molecule has 0 unspecified atom stereocenters. The van der Waals surface area contributed by atoms with Crippen molar-refractivity contribution in [2.24, 2.45) is 0 Å². The van der Waals surface area contributed by atoms with Crippen LogP contribution in [0.4, 0.5) is 10.2 Å². The number of ether oxygens (including phenoxy) is 1. The average Bonchev–Trinajstić information content (AvgIpc) is 3.25. The molecule has 0 aliphatic carbocycles. The second-order valence-electron chi connectivity index (χ2n) is 6.95. The Morgan fingerprint density at radius 1 is 1.10 bits per heavy atom. The van der Waals surface area contributed by atoms with Gasteiger partial charge in [0.1, 0.15) is 16.9 Å². The van der Waals surface area contributed by atoms with Gasteiger partial charge in [-0.15, -0.1) is 0 Å². The molecule has 9 heteroatoms. The molecule has 1 aliphatic heterocycles. The molecule has 0 N–H and O–H groups in total.